The lowest BCUT2D eigenvalue weighted by atomic mass is 10.2. The molecule has 3 nitrogen and oxygen atoms in total. The molecular formula is C12H15Cl2NO2S. The van der Waals surface area contributed by atoms with E-state index in [1.54, 1.807) is 17.8 Å². The number of carbonyl (C=O) groups is 1. The van der Waals surface area contributed by atoms with Gasteiger partial charge in [-0.2, -0.15) is 11.8 Å². The summed E-state index contributed by atoms with van der Waals surface area (Å²) in [5.41, 5.74) is 1.60. The molecule has 0 aliphatic heterocycles. The highest BCUT2D eigenvalue weighted by atomic mass is 35.5. The van der Waals surface area contributed by atoms with Crippen LogP contribution >= 0.6 is 35.0 Å². The van der Waals surface area contributed by atoms with E-state index in [0.717, 1.165) is 11.3 Å². The first-order chi connectivity index (χ1) is 8.45. The third kappa shape index (κ3) is 4.34. The van der Waals surface area contributed by atoms with Gasteiger partial charge in [-0.15, -0.1) is 0 Å². The van der Waals surface area contributed by atoms with Crippen LogP contribution in [0, 0.1) is 12.8 Å². The molecule has 18 heavy (non-hydrogen) atoms. The number of hydrogen-bond acceptors (Lipinski definition) is 4. The maximum absolute atomic E-state index is 11.2. The highest BCUT2D eigenvalue weighted by Crippen LogP contribution is 2.28. The predicted molar refractivity (Wildman–Crippen MR) is 76.3 cm³/mol. The van der Waals surface area contributed by atoms with Crippen molar-refractivity contribution in [2.45, 2.75) is 19.6 Å². The minimum atomic E-state index is -0.207. The van der Waals surface area contributed by atoms with Gasteiger partial charge in [-0.3, -0.25) is 4.79 Å². The average Bonchev–Trinajstić information content (AvgIpc) is 2.31. The van der Waals surface area contributed by atoms with E-state index in [0.29, 0.717) is 21.7 Å². The zero-order valence-corrected chi connectivity index (χ0v) is 12.8. The summed E-state index contributed by atoms with van der Waals surface area (Å²) in [7, 11) is 1.39. The number of methoxy groups -OCH3 is 1. The summed E-state index contributed by atoms with van der Waals surface area (Å²) in [6.07, 6.45) is 0. The molecule has 0 aliphatic carbocycles. The van der Waals surface area contributed by atoms with E-state index in [1.165, 1.54) is 7.11 Å². The SMILES string of the molecule is COC(=O)C(C)CSCc1c(Cl)cc(C)nc1Cl. The number of aryl methyl sites for hydroxylation is 1. The van der Waals surface area contributed by atoms with Crippen LogP contribution in [0.15, 0.2) is 6.07 Å². The molecule has 1 rings (SSSR count). The third-order valence-corrected chi connectivity index (χ3v) is 4.24. The summed E-state index contributed by atoms with van der Waals surface area (Å²) < 4.78 is 4.66. The van der Waals surface area contributed by atoms with Gasteiger partial charge in [0, 0.05) is 27.8 Å². The molecule has 0 amide bonds. The van der Waals surface area contributed by atoms with Gasteiger partial charge < -0.3 is 4.74 Å². The van der Waals surface area contributed by atoms with Crippen molar-refractivity contribution in [2.75, 3.05) is 12.9 Å². The van der Waals surface area contributed by atoms with Crippen molar-refractivity contribution in [3.63, 3.8) is 0 Å². The molecule has 0 saturated heterocycles. The molecule has 0 saturated carbocycles. The first kappa shape index (κ1) is 15.6. The lowest BCUT2D eigenvalue weighted by Gasteiger charge is -2.10. The summed E-state index contributed by atoms with van der Waals surface area (Å²) in [6, 6.07) is 1.78. The molecule has 1 heterocycles. The molecule has 0 aromatic carbocycles. The number of nitrogens with zero attached hydrogens (tertiary/aromatic N) is 1. The summed E-state index contributed by atoms with van der Waals surface area (Å²) in [5.74, 6) is 0.942. The van der Waals surface area contributed by atoms with Crippen molar-refractivity contribution in [2.24, 2.45) is 5.92 Å². The van der Waals surface area contributed by atoms with E-state index in [9.17, 15) is 4.79 Å². The van der Waals surface area contributed by atoms with Crippen LogP contribution in [-0.4, -0.2) is 23.8 Å². The van der Waals surface area contributed by atoms with Crippen LogP contribution < -0.4 is 0 Å². The molecule has 1 unspecified atom stereocenters. The van der Waals surface area contributed by atoms with E-state index in [1.807, 2.05) is 13.8 Å². The van der Waals surface area contributed by atoms with E-state index in [2.05, 4.69) is 9.72 Å². The molecule has 100 valence electrons. The van der Waals surface area contributed by atoms with Gasteiger partial charge in [0.1, 0.15) is 5.15 Å². The first-order valence-electron chi connectivity index (χ1n) is 5.42. The van der Waals surface area contributed by atoms with Crippen LogP contribution in [0.1, 0.15) is 18.2 Å². The molecular weight excluding hydrogens is 293 g/mol. The highest BCUT2D eigenvalue weighted by Gasteiger charge is 2.14. The molecule has 0 aliphatic rings. The van der Waals surface area contributed by atoms with E-state index in [-0.39, 0.29) is 11.9 Å². The fraction of sp³-hybridized carbons (Fsp3) is 0.500. The summed E-state index contributed by atoms with van der Waals surface area (Å²) in [6.45, 7) is 3.67. The van der Waals surface area contributed by atoms with Crippen molar-refractivity contribution in [3.8, 4) is 0 Å². The lowest BCUT2D eigenvalue weighted by Crippen LogP contribution is -2.14. The summed E-state index contributed by atoms with van der Waals surface area (Å²) in [4.78, 5) is 15.4. The van der Waals surface area contributed by atoms with Gasteiger partial charge in [-0.05, 0) is 13.0 Å². The molecule has 0 radical (unpaired) electrons. The fourth-order valence-electron chi connectivity index (χ4n) is 1.36. The van der Waals surface area contributed by atoms with E-state index < -0.39 is 0 Å². The maximum atomic E-state index is 11.2. The normalized spacial score (nSPS) is 12.3. The Balaban J connectivity index is 2.57. The summed E-state index contributed by atoms with van der Waals surface area (Å²) >= 11 is 13.7. The predicted octanol–water partition coefficient (Wildman–Crippen LogP) is 3.74. The second-order valence-electron chi connectivity index (χ2n) is 3.95. The van der Waals surface area contributed by atoms with Gasteiger partial charge in [0.25, 0.3) is 0 Å². The van der Waals surface area contributed by atoms with Crippen LogP contribution in [0.4, 0.5) is 0 Å². The molecule has 6 heteroatoms. The minimum absolute atomic E-state index is 0.143. The standard InChI is InChI=1S/C12H15Cl2NO2S/c1-7(12(16)17-3)5-18-6-9-10(13)4-8(2)15-11(9)14/h4,7H,5-6H2,1-3H3. The number of aromatic nitrogens is 1. The lowest BCUT2D eigenvalue weighted by molar-refractivity contribution is -0.143. The Morgan fingerprint density at radius 3 is 2.78 bits per heavy atom. The zero-order valence-electron chi connectivity index (χ0n) is 10.5. The first-order valence-corrected chi connectivity index (χ1v) is 7.33. The second kappa shape index (κ2) is 7.22. The zero-order chi connectivity index (χ0) is 13.7. The Hall–Kier alpha value is -0.450. The van der Waals surface area contributed by atoms with Crippen LogP contribution in [0.3, 0.4) is 0 Å². The Bertz CT molecular complexity index is 417. The molecule has 1 aromatic rings. The number of pyridine rings is 1. The number of hydrogen-bond donors (Lipinski definition) is 0. The summed E-state index contributed by atoms with van der Waals surface area (Å²) in [5, 5.41) is 1.05. The Kier molecular flexibility index (Phi) is 6.26. The van der Waals surface area contributed by atoms with Gasteiger partial charge in [-0.1, -0.05) is 30.1 Å². The number of rotatable bonds is 5. The van der Waals surface area contributed by atoms with Gasteiger partial charge in [0.05, 0.1) is 13.0 Å². The fourth-order valence-corrected chi connectivity index (χ4v) is 3.29. The number of ether oxygens (including phenoxy) is 1. The number of esters is 1. The van der Waals surface area contributed by atoms with Crippen molar-refractivity contribution in [1.82, 2.24) is 4.98 Å². The van der Waals surface area contributed by atoms with Gasteiger partial charge >= 0.3 is 5.97 Å². The minimum Gasteiger partial charge on any atom is -0.469 e. The number of halogens is 2. The van der Waals surface area contributed by atoms with E-state index in [4.69, 9.17) is 23.2 Å². The monoisotopic (exact) mass is 307 g/mol. The smallest absolute Gasteiger partial charge is 0.309 e. The van der Waals surface area contributed by atoms with Gasteiger partial charge in [0.15, 0.2) is 0 Å². The largest absolute Gasteiger partial charge is 0.469 e. The molecule has 0 spiro atoms. The quantitative estimate of drug-likeness (QED) is 0.613. The van der Waals surface area contributed by atoms with Crippen molar-refractivity contribution < 1.29 is 9.53 Å². The highest BCUT2D eigenvalue weighted by molar-refractivity contribution is 7.98. The van der Waals surface area contributed by atoms with E-state index >= 15 is 0 Å². The molecule has 0 bridgehead atoms. The topological polar surface area (TPSA) is 39.2 Å². The van der Waals surface area contributed by atoms with Gasteiger partial charge in [0.2, 0.25) is 0 Å². The van der Waals surface area contributed by atoms with Crippen LogP contribution in [-0.2, 0) is 15.3 Å². The van der Waals surface area contributed by atoms with Crippen LogP contribution in [0.5, 0.6) is 0 Å². The third-order valence-electron chi connectivity index (χ3n) is 2.37. The van der Waals surface area contributed by atoms with Crippen molar-refractivity contribution in [3.05, 3.63) is 27.5 Å². The van der Waals surface area contributed by atoms with Crippen molar-refractivity contribution >= 4 is 40.9 Å². The average molecular weight is 308 g/mol. The maximum Gasteiger partial charge on any atom is 0.309 e. The Morgan fingerprint density at radius 1 is 1.56 bits per heavy atom. The van der Waals surface area contributed by atoms with Crippen molar-refractivity contribution in [1.29, 1.82) is 0 Å². The number of thioether (sulfide) groups is 1. The van der Waals surface area contributed by atoms with Crippen LogP contribution in [0.25, 0.3) is 0 Å². The molecule has 1 atom stereocenters. The second-order valence-corrected chi connectivity index (χ2v) is 5.75. The Morgan fingerprint density at radius 2 is 2.22 bits per heavy atom. The molecule has 1 aromatic heterocycles. The van der Waals surface area contributed by atoms with Crippen LogP contribution in [0.2, 0.25) is 10.2 Å². The van der Waals surface area contributed by atoms with Gasteiger partial charge in [-0.25, -0.2) is 4.98 Å². The Labute approximate surface area is 121 Å². The number of carbonyl (C=O) groups excluding carboxylic acids is 1. The molecule has 0 fully saturated rings. The molecule has 0 N–H and O–H groups in total.